The number of aromatic nitrogens is 2. The maximum Gasteiger partial charge on any atom is 0.133 e. The molecule has 18 heavy (non-hydrogen) atoms. The monoisotopic (exact) mass is 256 g/mol. The minimum absolute atomic E-state index is 0.374. The summed E-state index contributed by atoms with van der Waals surface area (Å²) in [6, 6.07) is 8.30. The molecule has 0 amide bonds. The molecule has 2 aromatic heterocycles. The minimum atomic E-state index is 0.374. The van der Waals surface area contributed by atoms with Crippen molar-refractivity contribution in [2.75, 3.05) is 0 Å². The zero-order valence-electron chi connectivity index (χ0n) is 10.3. The molecule has 0 aliphatic heterocycles. The van der Waals surface area contributed by atoms with Gasteiger partial charge in [0.15, 0.2) is 0 Å². The maximum atomic E-state index is 6.27. The Balaban J connectivity index is 2.42. The number of nitrogens with zero attached hydrogens (tertiary/aromatic N) is 2. The molecule has 0 saturated heterocycles. The van der Waals surface area contributed by atoms with Crippen molar-refractivity contribution in [2.45, 2.75) is 19.8 Å². The summed E-state index contributed by atoms with van der Waals surface area (Å²) in [5.74, 6) is 0.374. The second-order valence-electron chi connectivity index (χ2n) is 4.76. The molecule has 90 valence electrons. The van der Waals surface area contributed by atoms with E-state index in [1.807, 2.05) is 12.3 Å². The van der Waals surface area contributed by atoms with Gasteiger partial charge in [0.2, 0.25) is 0 Å². The lowest BCUT2D eigenvalue weighted by atomic mass is 10.0. The largest absolute Gasteiger partial charge is 0.264 e. The Morgan fingerprint density at radius 2 is 1.89 bits per heavy atom. The predicted molar refractivity (Wildman–Crippen MR) is 76.1 cm³/mol. The summed E-state index contributed by atoms with van der Waals surface area (Å²) in [5, 5.41) is 3.89. The zero-order valence-corrected chi connectivity index (χ0v) is 11.1. The Bertz CT molecular complexity index is 735. The lowest BCUT2D eigenvalue weighted by molar-refractivity contribution is 0.862. The second kappa shape index (κ2) is 4.21. The number of hydrogen-bond donors (Lipinski definition) is 0. The van der Waals surface area contributed by atoms with Crippen LogP contribution >= 0.6 is 11.6 Å². The van der Waals surface area contributed by atoms with Gasteiger partial charge in [0.1, 0.15) is 5.15 Å². The van der Waals surface area contributed by atoms with E-state index in [4.69, 9.17) is 11.6 Å². The number of rotatable bonds is 1. The van der Waals surface area contributed by atoms with Gasteiger partial charge < -0.3 is 0 Å². The Morgan fingerprint density at radius 1 is 1.11 bits per heavy atom. The second-order valence-corrected chi connectivity index (χ2v) is 5.12. The van der Waals surface area contributed by atoms with Crippen molar-refractivity contribution in [2.24, 2.45) is 0 Å². The smallest absolute Gasteiger partial charge is 0.133 e. The standard InChI is InChI=1S/C15H13ClN2/c1-9(2)12-7-11-4-3-10-5-6-17-8-13(10)14(11)18-15(12)16/h3-9H,1-2H3. The van der Waals surface area contributed by atoms with Gasteiger partial charge in [-0.15, -0.1) is 0 Å². The number of fused-ring (bicyclic) bond motifs is 3. The highest BCUT2D eigenvalue weighted by Gasteiger charge is 2.10. The number of halogens is 1. The fourth-order valence-corrected chi connectivity index (χ4v) is 2.56. The lowest BCUT2D eigenvalue weighted by Gasteiger charge is -2.10. The van der Waals surface area contributed by atoms with Gasteiger partial charge >= 0.3 is 0 Å². The molecule has 0 spiro atoms. The first kappa shape index (κ1) is 11.4. The predicted octanol–water partition coefficient (Wildman–Crippen LogP) is 4.56. The fourth-order valence-electron chi connectivity index (χ4n) is 2.20. The quantitative estimate of drug-likeness (QED) is 0.471. The minimum Gasteiger partial charge on any atom is -0.264 e. The van der Waals surface area contributed by atoms with Gasteiger partial charge in [-0.3, -0.25) is 4.98 Å². The molecule has 2 heterocycles. The summed E-state index contributed by atoms with van der Waals surface area (Å²) in [5.41, 5.74) is 2.02. The Labute approximate surface area is 111 Å². The molecule has 0 radical (unpaired) electrons. The van der Waals surface area contributed by atoms with Crippen LogP contribution in [0.1, 0.15) is 25.3 Å². The molecule has 0 saturated carbocycles. The Morgan fingerprint density at radius 3 is 2.67 bits per heavy atom. The molecule has 3 rings (SSSR count). The highest BCUT2D eigenvalue weighted by Crippen LogP contribution is 2.30. The van der Waals surface area contributed by atoms with E-state index in [0.717, 1.165) is 27.2 Å². The van der Waals surface area contributed by atoms with E-state index in [1.165, 1.54) is 0 Å². The molecule has 3 aromatic rings. The van der Waals surface area contributed by atoms with Crippen molar-refractivity contribution in [3.8, 4) is 0 Å². The third-order valence-corrected chi connectivity index (χ3v) is 3.51. The van der Waals surface area contributed by atoms with Crippen LogP contribution in [0.15, 0.2) is 36.7 Å². The average molecular weight is 257 g/mol. The average Bonchev–Trinajstić information content (AvgIpc) is 2.37. The van der Waals surface area contributed by atoms with E-state index in [0.29, 0.717) is 11.1 Å². The molecular formula is C15H13ClN2. The van der Waals surface area contributed by atoms with Crippen molar-refractivity contribution in [1.29, 1.82) is 0 Å². The molecule has 1 aromatic carbocycles. The molecule has 0 bridgehead atoms. The van der Waals surface area contributed by atoms with Crippen LogP contribution < -0.4 is 0 Å². The number of hydrogen-bond acceptors (Lipinski definition) is 2. The molecule has 0 unspecified atom stereocenters. The number of pyridine rings is 2. The van der Waals surface area contributed by atoms with Crippen LogP contribution in [0.4, 0.5) is 0 Å². The van der Waals surface area contributed by atoms with E-state index in [-0.39, 0.29) is 0 Å². The first-order valence-corrected chi connectivity index (χ1v) is 6.37. The van der Waals surface area contributed by atoms with Gasteiger partial charge in [-0.1, -0.05) is 37.6 Å². The van der Waals surface area contributed by atoms with E-state index >= 15 is 0 Å². The maximum absolute atomic E-state index is 6.27. The van der Waals surface area contributed by atoms with Crippen molar-refractivity contribution in [3.05, 3.63) is 47.4 Å². The third kappa shape index (κ3) is 1.73. The van der Waals surface area contributed by atoms with Crippen LogP contribution in [0.2, 0.25) is 5.15 Å². The Hall–Kier alpha value is -1.67. The van der Waals surface area contributed by atoms with Crippen LogP contribution in [0.3, 0.4) is 0 Å². The molecular weight excluding hydrogens is 244 g/mol. The zero-order chi connectivity index (χ0) is 12.7. The molecule has 0 atom stereocenters. The summed E-state index contributed by atoms with van der Waals surface area (Å²) >= 11 is 6.27. The van der Waals surface area contributed by atoms with Crippen LogP contribution in [0.5, 0.6) is 0 Å². The highest BCUT2D eigenvalue weighted by atomic mass is 35.5. The molecule has 0 fully saturated rings. The first-order valence-electron chi connectivity index (χ1n) is 5.99. The van der Waals surface area contributed by atoms with Gasteiger partial charge in [0.25, 0.3) is 0 Å². The van der Waals surface area contributed by atoms with Crippen molar-refractivity contribution >= 4 is 33.3 Å². The van der Waals surface area contributed by atoms with Crippen molar-refractivity contribution < 1.29 is 0 Å². The highest BCUT2D eigenvalue weighted by molar-refractivity contribution is 6.31. The fraction of sp³-hybridized carbons (Fsp3) is 0.200. The van der Waals surface area contributed by atoms with Gasteiger partial charge in [0, 0.05) is 23.2 Å². The van der Waals surface area contributed by atoms with E-state index in [2.05, 4.69) is 42.0 Å². The van der Waals surface area contributed by atoms with Crippen LogP contribution in [0.25, 0.3) is 21.7 Å². The van der Waals surface area contributed by atoms with Gasteiger partial charge in [-0.25, -0.2) is 4.98 Å². The summed E-state index contributed by atoms with van der Waals surface area (Å²) in [6.45, 7) is 4.24. The van der Waals surface area contributed by atoms with Crippen molar-refractivity contribution in [1.82, 2.24) is 9.97 Å². The van der Waals surface area contributed by atoms with Crippen LogP contribution in [0, 0.1) is 0 Å². The normalized spacial score (nSPS) is 11.6. The van der Waals surface area contributed by atoms with E-state index in [1.54, 1.807) is 6.20 Å². The van der Waals surface area contributed by atoms with Gasteiger partial charge in [-0.2, -0.15) is 0 Å². The van der Waals surface area contributed by atoms with Crippen LogP contribution in [-0.4, -0.2) is 9.97 Å². The summed E-state index contributed by atoms with van der Waals surface area (Å²) in [7, 11) is 0. The lowest BCUT2D eigenvalue weighted by Crippen LogP contribution is -1.93. The summed E-state index contributed by atoms with van der Waals surface area (Å²) in [4.78, 5) is 8.72. The van der Waals surface area contributed by atoms with Crippen molar-refractivity contribution in [3.63, 3.8) is 0 Å². The molecule has 3 heteroatoms. The van der Waals surface area contributed by atoms with E-state index < -0.39 is 0 Å². The summed E-state index contributed by atoms with van der Waals surface area (Å²) in [6.07, 6.45) is 3.63. The third-order valence-electron chi connectivity index (χ3n) is 3.21. The SMILES string of the molecule is CC(C)c1cc2ccc3ccncc3c2nc1Cl. The number of benzene rings is 1. The summed E-state index contributed by atoms with van der Waals surface area (Å²) < 4.78 is 0. The molecule has 0 aliphatic rings. The van der Waals surface area contributed by atoms with Gasteiger partial charge in [-0.05, 0) is 29.0 Å². The first-order chi connectivity index (χ1) is 8.66. The van der Waals surface area contributed by atoms with Crippen LogP contribution in [-0.2, 0) is 0 Å². The molecule has 0 aliphatic carbocycles. The van der Waals surface area contributed by atoms with E-state index in [9.17, 15) is 0 Å². The Kier molecular flexibility index (Phi) is 2.67. The molecule has 2 nitrogen and oxygen atoms in total. The topological polar surface area (TPSA) is 25.8 Å². The van der Waals surface area contributed by atoms with Gasteiger partial charge in [0.05, 0.1) is 5.52 Å². The molecule has 0 N–H and O–H groups in total.